The summed E-state index contributed by atoms with van der Waals surface area (Å²) in [6.45, 7) is 0.0238. The van der Waals surface area contributed by atoms with Crippen LogP contribution in [0.5, 0.6) is 0 Å². The minimum atomic E-state index is -1.11. The fraction of sp³-hybridized carbons (Fsp3) is 0.192. The number of fused-ring (bicyclic) bond motifs is 1. The van der Waals surface area contributed by atoms with Gasteiger partial charge >= 0.3 is 11.8 Å². The van der Waals surface area contributed by atoms with Gasteiger partial charge in [0.25, 0.3) is 5.91 Å². The average Bonchev–Trinajstić information content (AvgIpc) is 3.43. The van der Waals surface area contributed by atoms with Crippen LogP contribution in [-0.2, 0) is 22.5 Å². The molecule has 1 aromatic carbocycles. The van der Waals surface area contributed by atoms with E-state index in [-0.39, 0.29) is 34.1 Å². The maximum absolute atomic E-state index is 13.6. The summed E-state index contributed by atoms with van der Waals surface area (Å²) in [7, 11) is 2.75. The molecule has 206 valence electrons. The summed E-state index contributed by atoms with van der Waals surface area (Å²) >= 11 is 7.06. The Morgan fingerprint density at radius 1 is 1.18 bits per heavy atom. The Hall–Kier alpha value is -4.62. The number of pyridine rings is 2. The monoisotopic (exact) mass is 583 g/mol. The van der Waals surface area contributed by atoms with E-state index in [9.17, 15) is 29.3 Å². The summed E-state index contributed by atoms with van der Waals surface area (Å²) in [4.78, 5) is 69.3. The van der Waals surface area contributed by atoms with Crippen molar-refractivity contribution in [3.05, 3.63) is 101 Å². The Bertz CT molecular complexity index is 1670. The predicted octanol–water partition coefficient (Wildman–Crippen LogP) is 3.33. The standard InChI is InChI=1S/C26H22ClN5O7S/c1-31(13-15-10-23(33)29-18-5-4-16(27)11-17(15)18)25(35)19(9-14-3-8-22(28-12-14)32(37)38)30-24(34)20-6-7-21(40-20)26(36)39-2/h3-8,10-12,19H,9,13H2,1-2H3,(H,29,33)(H,30,34)/t19-/m0/s1. The molecule has 14 heteroatoms. The highest BCUT2D eigenvalue weighted by atomic mass is 35.5. The summed E-state index contributed by atoms with van der Waals surface area (Å²) in [5.41, 5.74) is 1.20. The number of likely N-dealkylation sites (N-methyl/N-ethyl adjacent to an activating group) is 1. The van der Waals surface area contributed by atoms with Gasteiger partial charge < -0.3 is 30.1 Å². The molecule has 4 rings (SSSR count). The van der Waals surface area contributed by atoms with E-state index in [0.29, 0.717) is 27.1 Å². The number of H-pyrrole nitrogens is 1. The number of benzene rings is 1. The molecule has 40 heavy (non-hydrogen) atoms. The second-order valence-corrected chi connectivity index (χ2v) is 10.2. The zero-order valence-corrected chi connectivity index (χ0v) is 22.7. The topological polar surface area (TPSA) is 165 Å². The van der Waals surface area contributed by atoms with Crippen molar-refractivity contribution >= 4 is 57.4 Å². The van der Waals surface area contributed by atoms with Crippen molar-refractivity contribution in [2.45, 2.75) is 19.0 Å². The van der Waals surface area contributed by atoms with Crippen molar-refractivity contribution in [3.63, 3.8) is 0 Å². The van der Waals surface area contributed by atoms with E-state index in [1.807, 2.05) is 0 Å². The van der Waals surface area contributed by atoms with Gasteiger partial charge in [-0.3, -0.25) is 14.4 Å². The number of ether oxygens (including phenoxy) is 1. The van der Waals surface area contributed by atoms with Crippen LogP contribution in [0, 0.1) is 10.1 Å². The molecular formula is C26H22ClN5O7S. The number of hydrogen-bond donors (Lipinski definition) is 2. The van der Waals surface area contributed by atoms with Crippen LogP contribution in [-0.4, -0.2) is 57.8 Å². The number of halogens is 1. The molecule has 0 unspecified atom stereocenters. The molecule has 0 aliphatic carbocycles. The molecule has 0 aliphatic rings. The highest BCUT2D eigenvalue weighted by Crippen LogP contribution is 2.22. The van der Waals surface area contributed by atoms with Gasteiger partial charge in [0.15, 0.2) is 0 Å². The first-order valence-electron chi connectivity index (χ1n) is 11.7. The number of nitro groups is 1. The van der Waals surface area contributed by atoms with Gasteiger partial charge in [-0.2, -0.15) is 0 Å². The smallest absolute Gasteiger partial charge is 0.363 e. The van der Waals surface area contributed by atoms with E-state index in [4.69, 9.17) is 11.6 Å². The number of carbonyl (C=O) groups excluding carboxylic acids is 3. The number of carbonyl (C=O) groups is 3. The Morgan fingerprint density at radius 2 is 1.93 bits per heavy atom. The highest BCUT2D eigenvalue weighted by Gasteiger charge is 2.27. The largest absolute Gasteiger partial charge is 0.465 e. The van der Waals surface area contributed by atoms with Crippen molar-refractivity contribution in [1.82, 2.24) is 20.2 Å². The molecule has 0 bridgehead atoms. The molecule has 0 aliphatic heterocycles. The third-order valence-corrected chi connectivity index (χ3v) is 7.23. The van der Waals surface area contributed by atoms with E-state index < -0.39 is 28.7 Å². The van der Waals surface area contributed by atoms with Gasteiger partial charge in [-0.05, 0) is 57.4 Å². The number of aromatic nitrogens is 2. The summed E-state index contributed by atoms with van der Waals surface area (Å²) in [5, 5.41) is 14.8. The first kappa shape index (κ1) is 28.4. The molecule has 3 heterocycles. The SMILES string of the molecule is COC(=O)c1ccc(C(=O)N[C@@H](Cc2ccc([N+](=O)[O-])nc2)C(=O)N(C)Cc2cc(=O)[nH]c3ccc(Cl)cc23)s1. The molecule has 0 saturated carbocycles. The second-order valence-electron chi connectivity index (χ2n) is 8.71. The van der Waals surface area contributed by atoms with Gasteiger partial charge in [-0.25, -0.2) is 4.79 Å². The summed E-state index contributed by atoms with van der Waals surface area (Å²) in [5.74, 6) is -2.05. The summed E-state index contributed by atoms with van der Waals surface area (Å²) in [6, 6.07) is 10.8. The molecule has 4 aromatic rings. The fourth-order valence-electron chi connectivity index (χ4n) is 4.01. The van der Waals surface area contributed by atoms with E-state index in [1.165, 1.54) is 55.6 Å². The molecule has 2 N–H and O–H groups in total. The van der Waals surface area contributed by atoms with Gasteiger partial charge in [0.1, 0.15) is 17.1 Å². The molecule has 0 spiro atoms. The van der Waals surface area contributed by atoms with Gasteiger partial charge in [0.05, 0.1) is 12.0 Å². The quantitative estimate of drug-likeness (QED) is 0.172. The van der Waals surface area contributed by atoms with E-state index in [0.717, 1.165) is 11.3 Å². The number of rotatable bonds is 9. The molecule has 0 saturated heterocycles. The van der Waals surface area contributed by atoms with Crippen molar-refractivity contribution in [1.29, 1.82) is 0 Å². The number of thiophene rings is 1. The maximum Gasteiger partial charge on any atom is 0.363 e. The number of nitrogens with zero attached hydrogens (tertiary/aromatic N) is 3. The summed E-state index contributed by atoms with van der Waals surface area (Å²) in [6.07, 6.45) is 1.23. The van der Waals surface area contributed by atoms with E-state index in [2.05, 4.69) is 20.0 Å². The van der Waals surface area contributed by atoms with Crippen LogP contribution in [0.25, 0.3) is 10.9 Å². The minimum Gasteiger partial charge on any atom is -0.465 e. The first-order chi connectivity index (χ1) is 19.0. The first-order valence-corrected chi connectivity index (χ1v) is 12.9. The van der Waals surface area contributed by atoms with Crippen LogP contribution in [0.3, 0.4) is 0 Å². The van der Waals surface area contributed by atoms with Crippen LogP contribution >= 0.6 is 22.9 Å². The van der Waals surface area contributed by atoms with Crippen molar-refractivity contribution in [2.24, 2.45) is 0 Å². The third kappa shape index (κ3) is 6.50. The van der Waals surface area contributed by atoms with E-state index >= 15 is 0 Å². The third-order valence-electron chi connectivity index (χ3n) is 5.93. The van der Waals surface area contributed by atoms with Crippen molar-refractivity contribution in [3.8, 4) is 0 Å². The Kier molecular flexibility index (Phi) is 8.55. The average molecular weight is 584 g/mol. The van der Waals surface area contributed by atoms with Gasteiger partial charge in [-0.1, -0.05) is 11.6 Å². The molecular weight excluding hydrogens is 562 g/mol. The Morgan fingerprint density at radius 3 is 2.60 bits per heavy atom. The fourth-order valence-corrected chi connectivity index (χ4v) is 5.01. The number of hydrogen-bond acceptors (Lipinski definition) is 9. The van der Waals surface area contributed by atoms with Crippen LogP contribution in [0.15, 0.2) is 59.5 Å². The van der Waals surface area contributed by atoms with E-state index in [1.54, 1.807) is 18.2 Å². The maximum atomic E-state index is 13.6. The lowest BCUT2D eigenvalue weighted by atomic mass is 10.0. The van der Waals surface area contributed by atoms with Gasteiger partial charge in [0.2, 0.25) is 11.5 Å². The van der Waals surface area contributed by atoms with Crippen LogP contribution in [0.1, 0.15) is 30.5 Å². The number of amides is 2. The number of methoxy groups -OCH3 is 1. The molecule has 12 nitrogen and oxygen atoms in total. The lowest BCUT2D eigenvalue weighted by Crippen LogP contribution is -2.48. The zero-order chi connectivity index (χ0) is 29.0. The van der Waals surface area contributed by atoms with Gasteiger partial charge in [-0.15, -0.1) is 11.3 Å². The summed E-state index contributed by atoms with van der Waals surface area (Å²) < 4.78 is 4.68. The molecule has 1 atom stereocenters. The van der Waals surface area contributed by atoms with Crippen LogP contribution in [0.4, 0.5) is 5.82 Å². The van der Waals surface area contributed by atoms with Crippen LogP contribution < -0.4 is 10.9 Å². The van der Waals surface area contributed by atoms with Crippen LogP contribution in [0.2, 0.25) is 5.02 Å². The van der Waals surface area contributed by atoms with Crippen molar-refractivity contribution < 1.29 is 24.0 Å². The highest BCUT2D eigenvalue weighted by molar-refractivity contribution is 7.15. The molecule has 3 aromatic heterocycles. The Balaban J connectivity index is 1.61. The van der Waals surface area contributed by atoms with Gasteiger partial charge in [0, 0.05) is 48.1 Å². The molecule has 2 amide bonds. The lowest BCUT2D eigenvalue weighted by Gasteiger charge is -2.25. The zero-order valence-electron chi connectivity index (χ0n) is 21.2. The molecule has 0 fully saturated rings. The second kappa shape index (κ2) is 12.1. The molecule has 0 radical (unpaired) electrons. The minimum absolute atomic E-state index is 0.0238. The lowest BCUT2D eigenvalue weighted by molar-refractivity contribution is -0.389. The number of aromatic amines is 1. The van der Waals surface area contributed by atoms with Crippen molar-refractivity contribution in [2.75, 3.05) is 14.2 Å². The Labute approximate surface area is 235 Å². The number of esters is 1. The number of nitrogens with one attached hydrogen (secondary N) is 2. The normalized spacial score (nSPS) is 11.6. The predicted molar refractivity (Wildman–Crippen MR) is 148 cm³/mol.